The number of hydrogen-bond donors (Lipinski definition) is 6. The Morgan fingerprint density at radius 1 is 0.615 bits per heavy atom. The summed E-state index contributed by atoms with van der Waals surface area (Å²) in [6.07, 6.45) is 1.46. The molecule has 5 N–H and O–H groups in total. The van der Waals surface area contributed by atoms with Gasteiger partial charge in [-0.15, -0.1) is 0 Å². The van der Waals surface area contributed by atoms with E-state index in [1.165, 1.54) is 0 Å². The number of nitrogens with one attached hydrogen (secondary N) is 5. The van der Waals surface area contributed by atoms with Crippen LogP contribution in [0.15, 0.2) is 0 Å². The molecular weight excluding hydrogens is 725 g/mol. The SMILES string of the molecule is COCCOCCNC(=O)CCC(NC(=O)CCC(NC(=O)[C@H]1CC[C@@H](O[PH](=O)S)CC1)C(=O)NCCOCCOC)C(=O)NCCOCCOC. The molecule has 0 spiro atoms. The second-order valence-electron chi connectivity index (χ2n) is 11.9. The summed E-state index contributed by atoms with van der Waals surface area (Å²) in [7, 11) is 2.26. The van der Waals surface area contributed by atoms with E-state index in [1.807, 2.05) is 0 Å². The van der Waals surface area contributed by atoms with Gasteiger partial charge >= 0.3 is 0 Å². The first-order valence-corrected chi connectivity index (χ1v) is 20.2. The molecule has 20 heteroatoms. The zero-order chi connectivity index (χ0) is 38.4. The molecule has 1 aliphatic rings. The lowest BCUT2D eigenvalue weighted by molar-refractivity contribution is -0.133. The molecule has 1 fully saturated rings. The second kappa shape index (κ2) is 31.0. The van der Waals surface area contributed by atoms with Crippen LogP contribution in [0.3, 0.4) is 0 Å². The van der Waals surface area contributed by atoms with E-state index in [-0.39, 0.29) is 76.4 Å². The maximum absolute atomic E-state index is 13.2. The molecule has 1 rings (SSSR count). The van der Waals surface area contributed by atoms with Crippen LogP contribution in [-0.4, -0.2) is 148 Å². The molecule has 52 heavy (non-hydrogen) atoms. The number of hydrogen-bond acceptors (Lipinski definition) is 13. The fourth-order valence-electron chi connectivity index (χ4n) is 5.05. The smallest absolute Gasteiger partial charge is 0.243 e. The summed E-state index contributed by atoms with van der Waals surface area (Å²) in [6.45, 7) is 3.67. The Hall–Kier alpha value is -2.35. The molecule has 302 valence electrons. The van der Waals surface area contributed by atoms with Gasteiger partial charge < -0.3 is 59.5 Å². The summed E-state index contributed by atoms with van der Waals surface area (Å²) < 4.78 is 47.6. The summed E-state index contributed by atoms with van der Waals surface area (Å²) in [5, 5.41) is 13.6. The molecule has 0 radical (unpaired) electrons. The molecule has 0 heterocycles. The van der Waals surface area contributed by atoms with Crippen molar-refractivity contribution < 1.29 is 61.5 Å². The maximum atomic E-state index is 13.2. The minimum absolute atomic E-state index is 0.0106. The van der Waals surface area contributed by atoms with Crippen molar-refractivity contribution in [1.29, 1.82) is 0 Å². The van der Waals surface area contributed by atoms with E-state index < -0.39 is 43.0 Å². The van der Waals surface area contributed by atoms with Crippen LogP contribution in [0.1, 0.15) is 51.4 Å². The van der Waals surface area contributed by atoms with Gasteiger partial charge in [0.25, 0.3) is 0 Å². The van der Waals surface area contributed by atoms with Crippen LogP contribution in [0.2, 0.25) is 0 Å². The second-order valence-corrected chi connectivity index (χ2v) is 13.7. The van der Waals surface area contributed by atoms with Gasteiger partial charge in [0.1, 0.15) is 12.1 Å². The van der Waals surface area contributed by atoms with Crippen molar-refractivity contribution in [2.75, 3.05) is 100 Å². The van der Waals surface area contributed by atoms with Gasteiger partial charge in [-0.1, -0.05) is 12.2 Å². The topological polar surface area (TPSA) is 227 Å². The molecule has 3 atom stereocenters. The van der Waals surface area contributed by atoms with E-state index >= 15 is 0 Å². The first kappa shape index (κ1) is 47.7. The predicted molar refractivity (Wildman–Crippen MR) is 194 cm³/mol. The van der Waals surface area contributed by atoms with Gasteiger partial charge in [0, 0.05) is 59.7 Å². The van der Waals surface area contributed by atoms with Crippen molar-refractivity contribution in [1.82, 2.24) is 26.6 Å². The molecule has 0 bridgehead atoms. The first-order chi connectivity index (χ1) is 25.1. The average Bonchev–Trinajstić information content (AvgIpc) is 3.12. The largest absolute Gasteiger partial charge is 0.382 e. The fraction of sp³-hybridized carbons (Fsp3) is 0.844. The molecule has 0 aromatic rings. The molecule has 0 aromatic carbocycles. The lowest BCUT2D eigenvalue weighted by atomic mass is 9.86. The van der Waals surface area contributed by atoms with Gasteiger partial charge in [-0.2, -0.15) is 0 Å². The van der Waals surface area contributed by atoms with E-state index in [1.54, 1.807) is 21.3 Å². The molecule has 5 amide bonds. The highest BCUT2D eigenvalue weighted by atomic mass is 32.7. The summed E-state index contributed by atoms with van der Waals surface area (Å²) in [5.41, 5.74) is 0. The number of carbonyl (C=O) groups excluding carboxylic acids is 5. The highest BCUT2D eigenvalue weighted by Crippen LogP contribution is 2.36. The number of rotatable bonds is 31. The lowest BCUT2D eigenvalue weighted by Crippen LogP contribution is -2.51. The van der Waals surface area contributed by atoms with Crippen LogP contribution in [0.25, 0.3) is 0 Å². The number of amides is 5. The third kappa shape index (κ3) is 24.1. The molecule has 18 nitrogen and oxygen atoms in total. The Kier molecular flexibility index (Phi) is 28.5. The van der Waals surface area contributed by atoms with Crippen molar-refractivity contribution >= 4 is 49.0 Å². The first-order valence-electron chi connectivity index (χ1n) is 17.6. The van der Waals surface area contributed by atoms with Crippen molar-refractivity contribution in [3.8, 4) is 0 Å². The summed E-state index contributed by atoms with van der Waals surface area (Å²) in [6, 6.07) is -2.10. The minimum Gasteiger partial charge on any atom is -0.382 e. The normalized spacial score (nSPS) is 17.4. The van der Waals surface area contributed by atoms with E-state index in [4.69, 9.17) is 32.9 Å². The van der Waals surface area contributed by atoms with Crippen molar-refractivity contribution in [2.24, 2.45) is 5.92 Å². The number of ether oxygens (including phenoxy) is 6. The Labute approximate surface area is 312 Å². The summed E-state index contributed by atoms with van der Waals surface area (Å²) in [5.74, 6) is -2.59. The summed E-state index contributed by atoms with van der Waals surface area (Å²) >= 11 is 3.83. The van der Waals surface area contributed by atoms with Crippen molar-refractivity contribution in [3.63, 3.8) is 0 Å². The summed E-state index contributed by atoms with van der Waals surface area (Å²) in [4.78, 5) is 65.1. The fourth-order valence-corrected chi connectivity index (χ4v) is 6.02. The van der Waals surface area contributed by atoms with Crippen LogP contribution in [-0.2, 0) is 61.5 Å². The number of carbonyl (C=O) groups is 5. The Balaban J connectivity index is 2.83. The zero-order valence-corrected chi connectivity index (χ0v) is 32.6. The van der Waals surface area contributed by atoms with Gasteiger partial charge in [-0.05, 0) is 38.5 Å². The highest BCUT2D eigenvalue weighted by molar-refractivity contribution is 8.39. The maximum Gasteiger partial charge on any atom is 0.243 e. The number of methoxy groups -OCH3 is 3. The average molecular weight is 786 g/mol. The van der Waals surface area contributed by atoms with Gasteiger partial charge in [0.2, 0.25) is 36.8 Å². The molecule has 0 saturated heterocycles. The van der Waals surface area contributed by atoms with Crippen LogP contribution < -0.4 is 26.6 Å². The van der Waals surface area contributed by atoms with E-state index in [9.17, 15) is 28.5 Å². The number of thiol groups is 1. The van der Waals surface area contributed by atoms with Crippen molar-refractivity contribution in [3.05, 3.63) is 0 Å². The van der Waals surface area contributed by atoms with Gasteiger partial charge in [-0.3, -0.25) is 28.5 Å². The molecule has 0 aliphatic heterocycles. The molecule has 1 aliphatic carbocycles. The lowest BCUT2D eigenvalue weighted by Gasteiger charge is -2.28. The van der Waals surface area contributed by atoms with Crippen LogP contribution in [0, 0.1) is 5.92 Å². The van der Waals surface area contributed by atoms with Crippen molar-refractivity contribution in [2.45, 2.75) is 69.6 Å². The highest BCUT2D eigenvalue weighted by Gasteiger charge is 2.31. The Morgan fingerprint density at radius 3 is 1.52 bits per heavy atom. The minimum atomic E-state index is -2.40. The Morgan fingerprint density at radius 2 is 1.06 bits per heavy atom. The van der Waals surface area contributed by atoms with E-state index in [0.717, 1.165) is 0 Å². The van der Waals surface area contributed by atoms with Gasteiger partial charge in [-0.25, -0.2) is 0 Å². The molecule has 1 saturated carbocycles. The van der Waals surface area contributed by atoms with E-state index in [0.29, 0.717) is 71.9 Å². The zero-order valence-electron chi connectivity index (χ0n) is 30.7. The standard InChI is InChI=1S/C32H60N5O13PS/c1-44-18-21-47-15-12-33-28(38)10-8-26(31(41)34-13-16-48-22-19-45-2)36-29(39)11-9-27(32(42)35-14-17-49-23-20-46-3)37-30(40)24-4-6-25(7-5-24)50-51(43)52/h24-27,51H,4-23H2,1-3H3,(H,33,38)(H,34,41)(H,35,42)(H,36,39)(H,37,40)(H,43,52)/t24-,25+,26?,27?. The third-order valence-corrected chi connectivity index (χ3v) is 8.72. The molecule has 3 unspecified atom stereocenters. The van der Waals surface area contributed by atoms with Crippen LogP contribution in [0.4, 0.5) is 0 Å². The third-order valence-electron chi connectivity index (χ3n) is 7.87. The molecular formula is C32H60N5O13PS. The van der Waals surface area contributed by atoms with Crippen LogP contribution in [0.5, 0.6) is 0 Å². The monoisotopic (exact) mass is 785 g/mol. The van der Waals surface area contributed by atoms with E-state index in [2.05, 4.69) is 38.8 Å². The van der Waals surface area contributed by atoms with Gasteiger partial charge in [0.05, 0.1) is 65.6 Å². The molecule has 0 aromatic heterocycles. The van der Waals surface area contributed by atoms with Crippen LogP contribution >= 0.6 is 19.5 Å². The Bertz CT molecular complexity index is 1060. The van der Waals surface area contributed by atoms with Gasteiger partial charge in [0.15, 0.2) is 0 Å². The predicted octanol–water partition coefficient (Wildman–Crippen LogP) is -0.251. The quantitative estimate of drug-likeness (QED) is 0.0303.